The van der Waals surface area contributed by atoms with E-state index in [0.29, 0.717) is 0 Å². The molecule has 0 bridgehead atoms. The molecule has 0 atom stereocenters. The first-order valence-corrected chi connectivity index (χ1v) is 5.75. The SMILES string of the molecule is COCCN(C)Cc1ccc(Br)s1. The van der Waals surface area contributed by atoms with Gasteiger partial charge in [0.05, 0.1) is 10.4 Å². The van der Waals surface area contributed by atoms with Crippen LogP contribution >= 0.6 is 27.3 Å². The molecule has 1 rings (SSSR count). The molecular weight excluding hydrogens is 250 g/mol. The molecule has 0 aliphatic carbocycles. The van der Waals surface area contributed by atoms with Gasteiger partial charge in [-0.3, -0.25) is 4.90 Å². The average Bonchev–Trinajstić information content (AvgIpc) is 2.48. The molecule has 0 unspecified atom stereocenters. The number of hydrogen-bond acceptors (Lipinski definition) is 3. The predicted molar refractivity (Wildman–Crippen MR) is 60.2 cm³/mol. The van der Waals surface area contributed by atoms with Gasteiger partial charge in [0.1, 0.15) is 0 Å². The zero-order valence-electron chi connectivity index (χ0n) is 7.92. The summed E-state index contributed by atoms with van der Waals surface area (Å²) in [7, 11) is 3.84. The zero-order chi connectivity index (χ0) is 9.68. The Kier molecular flexibility index (Phi) is 4.94. The summed E-state index contributed by atoms with van der Waals surface area (Å²) in [5, 5.41) is 0. The number of halogens is 1. The molecule has 13 heavy (non-hydrogen) atoms. The van der Waals surface area contributed by atoms with Gasteiger partial charge in [0.15, 0.2) is 0 Å². The molecule has 1 heterocycles. The van der Waals surface area contributed by atoms with Crippen LogP contribution in [0, 0.1) is 0 Å². The minimum absolute atomic E-state index is 0.795. The molecule has 4 heteroatoms. The minimum atomic E-state index is 0.795. The molecule has 0 N–H and O–H groups in total. The second-order valence-corrected chi connectivity index (χ2v) is 5.48. The van der Waals surface area contributed by atoms with Crippen molar-refractivity contribution < 1.29 is 4.74 Å². The fraction of sp³-hybridized carbons (Fsp3) is 0.556. The van der Waals surface area contributed by atoms with Gasteiger partial charge in [0, 0.05) is 25.1 Å². The highest BCUT2D eigenvalue weighted by Gasteiger charge is 2.01. The summed E-state index contributed by atoms with van der Waals surface area (Å²) >= 11 is 5.23. The van der Waals surface area contributed by atoms with Gasteiger partial charge in [0.2, 0.25) is 0 Å². The second-order valence-electron chi connectivity index (χ2n) is 2.94. The fourth-order valence-electron chi connectivity index (χ4n) is 1.03. The van der Waals surface area contributed by atoms with Crippen molar-refractivity contribution in [1.82, 2.24) is 4.90 Å². The Morgan fingerprint density at radius 1 is 1.54 bits per heavy atom. The van der Waals surface area contributed by atoms with Crippen LogP contribution in [0.4, 0.5) is 0 Å². The first-order chi connectivity index (χ1) is 6.22. The van der Waals surface area contributed by atoms with E-state index in [9.17, 15) is 0 Å². The molecule has 0 amide bonds. The van der Waals surface area contributed by atoms with Gasteiger partial charge in [0.25, 0.3) is 0 Å². The van der Waals surface area contributed by atoms with Crippen LogP contribution in [0.5, 0.6) is 0 Å². The molecule has 0 saturated carbocycles. The maximum absolute atomic E-state index is 5.01. The van der Waals surface area contributed by atoms with Crippen molar-refractivity contribution in [3.8, 4) is 0 Å². The van der Waals surface area contributed by atoms with Gasteiger partial charge in [-0.25, -0.2) is 0 Å². The monoisotopic (exact) mass is 263 g/mol. The first-order valence-electron chi connectivity index (χ1n) is 4.14. The predicted octanol–water partition coefficient (Wildman–Crippen LogP) is 2.59. The molecule has 0 aliphatic heterocycles. The van der Waals surface area contributed by atoms with Crippen molar-refractivity contribution in [1.29, 1.82) is 0 Å². The topological polar surface area (TPSA) is 12.5 Å². The second kappa shape index (κ2) is 5.75. The molecule has 0 fully saturated rings. The van der Waals surface area contributed by atoms with E-state index in [4.69, 9.17) is 4.74 Å². The Bertz CT molecular complexity index is 252. The lowest BCUT2D eigenvalue weighted by atomic mass is 10.4. The third-order valence-electron chi connectivity index (χ3n) is 1.73. The van der Waals surface area contributed by atoms with Crippen LogP contribution in [0.2, 0.25) is 0 Å². The number of nitrogens with zero attached hydrogens (tertiary/aromatic N) is 1. The Morgan fingerprint density at radius 3 is 2.85 bits per heavy atom. The Hall–Kier alpha value is 0.1000. The van der Waals surface area contributed by atoms with Gasteiger partial charge in [-0.1, -0.05) is 0 Å². The van der Waals surface area contributed by atoms with E-state index in [1.165, 1.54) is 8.66 Å². The Balaban J connectivity index is 2.31. The summed E-state index contributed by atoms with van der Waals surface area (Å²) in [5.74, 6) is 0. The molecule has 1 aromatic rings. The van der Waals surface area contributed by atoms with Gasteiger partial charge in [-0.05, 0) is 35.1 Å². The highest BCUT2D eigenvalue weighted by atomic mass is 79.9. The van der Waals surface area contributed by atoms with Crippen LogP contribution in [-0.2, 0) is 11.3 Å². The van der Waals surface area contributed by atoms with Crippen LogP contribution in [0.1, 0.15) is 4.88 Å². The molecule has 0 spiro atoms. The molecule has 0 aromatic carbocycles. The lowest BCUT2D eigenvalue weighted by Gasteiger charge is -2.14. The number of rotatable bonds is 5. The fourth-order valence-corrected chi connectivity index (χ4v) is 2.59. The standard InChI is InChI=1S/C9H14BrNOS/c1-11(5-6-12-2)7-8-3-4-9(10)13-8/h3-4H,5-7H2,1-2H3. The van der Waals surface area contributed by atoms with Crippen molar-refractivity contribution in [3.63, 3.8) is 0 Å². The van der Waals surface area contributed by atoms with Crippen molar-refractivity contribution in [2.75, 3.05) is 27.3 Å². The lowest BCUT2D eigenvalue weighted by Crippen LogP contribution is -2.21. The normalized spacial score (nSPS) is 11.1. The first kappa shape index (κ1) is 11.2. The smallest absolute Gasteiger partial charge is 0.0701 e. The van der Waals surface area contributed by atoms with Gasteiger partial charge in [-0.15, -0.1) is 11.3 Å². The minimum Gasteiger partial charge on any atom is -0.383 e. The van der Waals surface area contributed by atoms with Crippen molar-refractivity contribution >= 4 is 27.3 Å². The Labute approximate surface area is 91.6 Å². The van der Waals surface area contributed by atoms with Crippen LogP contribution in [0.3, 0.4) is 0 Å². The zero-order valence-corrected chi connectivity index (χ0v) is 10.3. The molecule has 0 radical (unpaired) electrons. The van der Waals surface area contributed by atoms with Crippen molar-refractivity contribution in [3.05, 3.63) is 20.8 Å². The van der Waals surface area contributed by atoms with E-state index >= 15 is 0 Å². The van der Waals surface area contributed by atoms with E-state index < -0.39 is 0 Å². The number of ether oxygens (including phenoxy) is 1. The quantitative estimate of drug-likeness (QED) is 0.810. The van der Waals surface area contributed by atoms with Crippen LogP contribution in [0.25, 0.3) is 0 Å². The maximum Gasteiger partial charge on any atom is 0.0701 e. The third kappa shape index (κ3) is 4.22. The average molecular weight is 264 g/mol. The van der Waals surface area contributed by atoms with Gasteiger partial charge < -0.3 is 4.74 Å². The van der Waals surface area contributed by atoms with Crippen molar-refractivity contribution in [2.24, 2.45) is 0 Å². The largest absolute Gasteiger partial charge is 0.383 e. The van der Waals surface area contributed by atoms with E-state index in [0.717, 1.165) is 19.7 Å². The lowest BCUT2D eigenvalue weighted by molar-refractivity contribution is 0.159. The van der Waals surface area contributed by atoms with Crippen LogP contribution in [0.15, 0.2) is 15.9 Å². The summed E-state index contributed by atoms with van der Waals surface area (Å²) in [5.41, 5.74) is 0. The van der Waals surface area contributed by atoms with Crippen molar-refractivity contribution in [2.45, 2.75) is 6.54 Å². The van der Waals surface area contributed by atoms with E-state index in [2.05, 4.69) is 40.0 Å². The number of hydrogen-bond donors (Lipinski definition) is 0. The molecule has 2 nitrogen and oxygen atoms in total. The highest BCUT2D eigenvalue weighted by Crippen LogP contribution is 2.22. The maximum atomic E-state index is 5.01. The summed E-state index contributed by atoms with van der Waals surface area (Å²) < 4.78 is 6.20. The Morgan fingerprint density at radius 2 is 2.31 bits per heavy atom. The molecular formula is C9H14BrNOS. The molecule has 0 saturated heterocycles. The van der Waals surface area contributed by atoms with E-state index in [1.807, 2.05) is 0 Å². The number of likely N-dealkylation sites (N-methyl/N-ethyl adjacent to an activating group) is 1. The van der Waals surface area contributed by atoms with Crippen LogP contribution in [-0.4, -0.2) is 32.2 Å². The molecule has 1 aromatic heterocycles. The number of methoxy groups -OCH3 is 1. The summed E-state index contributed by atoms with van der Waals surface area (Å²) in [6.07, 6.45) is 0. The summed E-state index contributed by atoms with van der Waals surface area (Å²) in [6.45, 7) is 2.77. The van der Waals surface area contributed by atoms with E-state index in [1.54, 1.807) is 18.4 Å². The molecule has 74 valence electrons. The molecule has 0 aliphatic rings. The third-order valence-corrected chi connectivity index (χ3v) is 3.34. The summed E-state index contributed by atoms with van der Waals surface area (Å²) in [6, 6.07) is 4.24. The number of thiophene rings is 1. The van der Waals surface area contributed by atoms with Gasteiger partial charge >= 0.3 is 0 Å². The van der Waals surface area contributed by atoms with Gasteiger partial charge in [-0.2, -0.15) is 0 Å². The summed E-state index contributed by atoms with van der Waals surface area (Å²) in [4.78, 5) is 3.63. The van der Waals surface area contributed by atoms with E-state index in [-0.39, 0.29) is 0 Å². The highest BCUT2D eigenvalue weighted by molar-refractivity contribution is 9.11. The van der Waals surface area contributed by atoms with Crippen LogP contribution < -0.4 is 0 Å².